The summed E-state index contributed by atoms with van der Waals surface area (Å²) in [6.07, 6.45) is 0. The van der Waals surface area contributed by atoms with Gasteiger partial charge >= 0.3 is 0 Å². The van der Waals surface area contributed by atoms with Gasteiger partial charge in [0.15, 0.2) is 0 Å². The topological polar surface area (TPSA) is 46.2 Å². The van der Waals surface area contributed by atoms with E-state index in [4.69, 9.17) is 0 Å². The van der Waals surface area contributed by atoms with E-state index in [2.05, 4.69) is 25.5 Å². The van der Waals surface area contributed by atoms with Gasteiger partial charge in [-0.05, 0) is 54.2 Å². The minimum absolute atomic E-state index is 0.0481. The summed E-state index contributed by atoms with van der Waals surface area (Å²) >= 11 is 0. The van der Waals surface area contributed by atoms with Gasteiger partial charge in [-0.1, -0.05) is 45.0 Å². The van der Waals surface area contributed by atoms with Crippen molar-refractivity contribution in [1.29, 1.82) is 0 Å². The van der Waals surface area contributed by atoms with E-state index in [1.165, 1.54) is 17.7 Å². The molecule has 0 aliphatic carbocycles. The Kier molecular flexibility index (Phi) is 5.16. The van der Waals surface area contributed by atoms with E-state index in [-0.39, 0.29) is 16.4 Å². The van der Waals surface area contributed by atoms with Crippen LogP contribution in [0.5, 0.6) is 0 Å². The molecule has 0 spiro atoms. The van der Waals surface area contributed by atoms with Gasteiger partial charge < -0.3 is 0 Å². The fourth-order valence-electron chi connectivity index (χ4n) is 2.55. The van der Waals surface area contributed by atoms with Crippen LogP contribution in [-0.4, -0.2) is 8.42 Å². The van der Waals surface area contributed by atoms with Gasteiger partial charge in [0.25, 0.3) is 0 Å². The number of nitrogens with one attached hydrogen (secondary N) is 1. The molecule has 2 rings (SSSR count). The van der Waals surface area contributed by atoms with E-state index in [1.54, 1.807) is 13.8 Å². The largest absolute Gasteiger partial charge is 0.241 e. The molecule has 0 aliphatic rings. The summed E-state index contributed by atoms with van der Waals surface area (Å²) in [6.45, 7) is 9.77. The van der Waals surface area contributed by atoms with Crippen LogP contribution >= 0.6 is 0 Å². The lowest BCUT2D eigenvalue weighted by molar-refractivity contribution is 0.564. The lowest BCUT2D eigenvalue weighted by Crippen LogP contribution is -2.27. The summed E-state index contributed by atoms with van der Waals surface area (Å²) in [5.41, 5.74) is 2.51. The lowest BCUT2D eigenvalue weighted by atomic mass is 9.86. The minimum atomic E-state index is -3.71. The van der Waals surface area contributed by atoms with Crippen molar-refractivity contribution in [2.75, 3.05) is 0 Å². The molecule has 24 heavy (non-hydrogen) atoms. The van der Waals surface area contributed by atoms with Gasteiger partial charge in [-0.15, -0.1) is 0 Å². The summed E-state index contributed by atoms with van der Waals surface area (Å²) in [7, 11) is -3.71. The molecule has 0 saturated carbocycles. The number of sulfonamides is 1. The maximum atomic E-state index is 13.2. The van der Waals surface area contributed by atoms with Crippen LogP contribution in [0.25, 0.3) is 0 Å². The molecule has 1 atom stereocenters. The Bertz CT molecular complexity index is 821. The highest BCUT2D eigenvalue weighted by atomic mass is 32.2. The summed E-state index contributed by atoms with van der Waals surface area (Å²) in [4.78, 5) is 0.0991. The van der Waals surface area contributed by atoms with E-state index >= 15 is 0 Å². The van der Waals surface area contributed by atoms with Crippen molar-refractivity contribution in [2.24, 2.45) is 0 Å². The molecule has 0 heterocycles. The molecule has 2 aromatic rings. The van der Waals surface area contributed by atoms with Crippen LogP contribution in [0.3, 0.4) is 0 Å². The monoisotopic (exact) mass is 349 g/mol. The number of hydrogen-bond acceptors (Lipinski definition) is 2. The van der Waals surface area contributed by atoms with Crippen molar-refractivity contribution in [3.63, 3.8) is 0 Å². The molecule has 0 saturated heterocycles. The molecule has 130 valence electrons. The smallest absolute Gasteiger partial charge is 0.207 e. The Balaban J connectivity index is 2.23. The predicted molar refractivity (Wildman–Crippen MR) is 95.0 cm³/mol. The predicted octanol–water partition coefficient (Wildman–Crippen LogP) is 4.47. The van der Waals surface area contributed by atoms with Crippen molar-refractivity contribution in [3.05, 3.63) is 65.0 Å². The van der Waals surface area contributed by atoms with E-state index in [0.717, 1.165) is 11.6 Å². The number of benzene rings is 2. The van der Waals surface area contributed by atoms with Gasteiger partial charge in [0.1, 0.15) is 5.82 Å². The molecule has 0 bridgehead atoms. The molecular formula is C19H24FNO2S. The van der Waals surface area contributed by atoms with Crippen LogP contribution in [0.4, 0.5) is 4.39 Å². The molecule has 1 N–H and O–H groups in total. The van der Waals surface area contributed by atoms with Gasteiger partial charge in [-0.25, -0.2) is 17.5 Å². The number of aryl methyl sites for hydroxylation is 1. The zero-order valence-corrected chi connectivity index (χ0v) is 15.5. The van der Waals surface area contributed by atoms with Crippen LogP contribution < -0.4 is 4.72 Å². The second-order valence-electron chi connectivity index (χ2n) is 7.12. The third-order valence-electron chi connectivity index (χ3n) is 4.04. The molecule has 0 fully saturated rings. The maximum absolute atomic E-state index is 13.2. The molecule has 0 unspecified atom stereocenters. The summed E-state index contributed by atoms with van der Waals surface area (Å²) < 4.78 is 40.9. The van der Waals surface area contributed by atoms with E-state index in [9.17, 15) is 12.8 Å². The first-order chi connectivity index (χ1) is 11.0. The highest BCUT2D eigenvalue weighted by molar-refractivity contribution is 7.89. The molecule has 3 nitrogen and oxygen atoms in total. The average Bonchev–Trinajstić information content (AvgIpc) is 2.45. The first-order valence-electron chi connectivity index (χ1n) is 7.89. The van der Waals surface area contributed by atoms with Crippen LogP contribution in [-0.2, 0) is 15.4 Å². The maximum Gasteiger partial charge on any atom is 0.241 e. The number of hydrogen-bond donors (Lipinski definition) is 1. The Morgan fingerprint density at radius 2 is 1.62 bits per heavy atom. The molecule has 0 aromatic heterocycles. The minimum Gasteiger partial charge on any atom is -0.207 e. The van der Waals surface area contributed by atoms with Gasteiger partial charge in [0.05, 0.1) is 4.90 Å². The zero-order valence-electron chi connectivity index (χ0n) is 14.7. The summed E-state index contributed by atoms with van der Waals surface area (Å²) in [6, 6.07) is 11.2. The summed E-state index contributed by atoms with van der Waals surface area (Å²) in [5.74, 6) is -0.447. The Morgan fingerprint density at radius 1 is 1.04 bits per heavy atom. The third kappa shape index (κ3) is 4.22. The van der Waals surface area contributed by atoms with Crippen LogP contribution in [0.1, 0.15) is 50.4 Å². The van der Waals surface area contributed by atoms with Crippen molar-refractivity contribution in [3.8, 4) is 0 Å². The van der Waals surface area contributed by atoms with E-state index in [0.29, 0.717) is 5.56 Å². The fraction of sp³-hybridized carbons (Fsp3) is 0.368. The number of halogens is 1. The second kappa shape index (κ2) is 6.65. The highest BCUT2D eigenvalue weighted by Crippen LogP contribution is 2.25. The highest BCUT2D eigenvalue weighted by Gasteiger charge is 2.21. The van der Waals surface area contributed by atoms with Crippen molar-refractivity contribution in [2.45, 2.75) is 51.0 Å². The van der Waals surface area contributed by atoms with E-state index < -0.39 is 15.8 Å². The third-order valence-corrected chi connectivity index (χ3v) is 5.74. The fourth-order valence-corrected chi connectivity index (χ4v) is 4.01. The zero-order chi connectivity index (χ0) is 18.1. The van der Waals surface area contributed by atoms with Gasteiger partial charge in [-0.3, -0.25) is 0 Å². The molecule has 0 amide bonds. The van der Waals surface area contributed by atoms with Gasteiger partial charge in [-0.2, -0.15) is 0 Å². The Morgan fingerprint density at radius 3 is 2.12 bits per heavy atom. The first kappa shape index (κ1) is 18.6. The SMILES string of the molecule is Cc1cc(F)ccc1S(=O)(=O)N[C@H](C)c1ccc(C(C)(C)C)cc1. The second-order valence-corrected chi connectivity index (χ2v) is 8.81. The van der Waals surface area contributed by atoms with Crippen LogP contribution in [0.15, 0.2) is 47.4 Å². The summed E-state index contributed by atoms with van der Waals surface area (Å²) in [5, 5.41) is 0. The van der Waals surface area contributed by atoms with E-state index in [1.807, 2.05) is 24.3 Å². The molecule has 0 radical (unpaired) electrons. The normalized spacial score (nSPS) is 13.8. The van der Waals surface area contributed by atoms with Crippen molar-refractivity contribution in [1.82, 2.24) is 4.72 Å². The van der Waals surface area contributed by atoms with Crippen molar-refractivity contribution >= 4 is 10.0 Å². The standard InChI is InChI=1S/C19H24FNO2S/c1-13-12-17(20)10-11-18(13)24(22,23)21-14(2)15-6-8-16(9-7-15)19(3,4)5/h6-12,14,21H,1-5H3/t14-/m1/s1. The number of rotatable bonds is 4. The Labute approximate surface area is 144 Å². The van der Waals surface area contributed by atoms with Crippen molar-refractivity contribution < 1.29 is 12.8 Å². The molecule has 2 aromatic carbocycles. The lowest BCUT2D eigenvalue weighted by Gasteiger charge is -2.21. The molecular weight excluding hydrogens is 325 g/mol. The molecule has 0 aliphatic heterocycles. The molecule has 5 heteroatoms. The van der Waals surface area contributed by atoms with Crippen LogP contribution in [0.2, 0.25) is 0 Å². The van der Waals surface area contributed by atoms with Gasteiger partial charge in [0, 0.05) is 6.04 Å². The average molecular weight is 349 g/mol. The van der Waals surface area contributed by atoms with Gasteiger partial charge in [0.2, 0.25) is 10.0 Å². The van der Waals surface area contributed by atoms with Crippen LogP contribution in [0, 0.1) is 12.7 Å². The quantitative estimate of drug-likeness (QED) is 0.885. The first-order valence-corrected chi connectivity index (χ1v) is 9.38. The Hall–Kier alpha value is -1.72.